The quantitative estimate of drug-likeness (QED) is 0.551. The van der Waals surface area contributed by atoms with Crippen molar-refractivity contribution >= 4 is 0 Å². The summed E-state index contributed by atoms with van der Waals surface area (Å²) < 4.78 is 11.8. The number of allylic oxidation sites excluding steroid dienone is 2. The van der Waals surface area contributed by atoms with Gasteiger partial charge in [0.25, 0.3) is 0 Å². The molecule has 3 rings (SSSR count). The van der Waals surface area contributed by atoms with Crippen LogP contribution in [0.1, 0.15) is 26.7 Å². The maximum atomic E-state index is 5.88. The molecule has 0 unspecified atom stereocenters. The van der Waals surface area contributed by atoms with Crippen molar-refractivity contribution in [3.63, 3.8) is 0 Å². The van der Waals surface area contributed by atoms with E-state index >= 15 is 0 Å². The minimum atomic E-state index is -0.210. The molecule has 0 bridgehead atoms. The Morgan fingerprint density at radius 1 is 1.36 bits per heavy atom. The molecule has 3 aliphatic rings. The molecule has 0 aromatic heterocycles. The predicted molar refractivity (Wildman–Crippen MR) is 53.8 cm³/mol. The first-order chi connectivity index (χ1) is 6.73. The Bertz CT molecular complexity index is 276. The van der Waals surface area contributed by atoms with Crippen LogP contribution in [-0.4, -0.2) is 19.0 Å². The molecule has 0 amide bonds. The zero-order valence-electron chi connectivity index (χ0n) is 8.95. The normalized spacial score (nSPS) is 44.4. The average molecular weight is 194 g/mol. The summed E-state index contributed by atoms with van der Waals surface area (Å²) in [5, 5.41) is 0. The van der Waals surface area contributed by atoms with E-state index in [-0.39, 0.29) is 5.79 Å². The standard InChI is InChI=1S/C12H18O2/c1-8-7-9(2)11-10(8)3-4-12(11)13-5-6-14-12/h7,9-11H,3-6H2,1-2H3/t9-,10-,11+/m0/s1. The van der Waals surface area contributed by atoms with Gasteiger partial charge >= 0.3 is 0 Å². The van der Waals surface area contributed by atoms with Gasteiger partial charge in [-0.3, -0.25) is 0 Å². The Morgan fingerprint density at radius 3 is 2.79 bits per heavy atom. The molecule has 2 aliphatic carbocycles. The Morgan fingerprint density at radius 2 is 2.07 bits per heavy atom. The van der Waals surface area contributed by atoms with Crippen LogP contribution in [0, 0.1) is 17.8 Å². The number of ether oxygens (including phenoxy) is 2. The summed E-state index contributed by atoms with van der Waals surface area (Å²) in [6.45, 7) is 6.13. The van der Waals surface area contributed by atoms with Crippen LogP contribution >= 0.6 is 0 Å². The van der Waals surface area contributed by atoms with Gasteiger partial charge in [0.1, 0.15) is 0 Å². The minimum Gasteiger partial charge on any atom is -0.347 e. The minimum absolute atomic E-state index is 0.210. The second-order valence-electron chi connectivity index (χ2n) is 4.95. The molecule has 1 spiro atoms. The fraction of sp³-hybridized carbons (Fsp3) is 0.833. The Balaban J connectivity index is 1.93. The van der Waals surface area contributed by atoms with E-state index in [4.69, 9.17) is 9.47 Å². The number of hydrogen-bond donors (Lipinski definition) is 0. The van der Waals surface area contributed by atoms with Crippen LogP contribution < -0.4 is 0 Å². The summed E-state index contributed by atoms with van der Waals surface area (Å²) in [6, 6.07) is 0. The largest absolute Gasteiger partial charge is 0.347 e. The third-order valence-corrected chi connectivity index (χ3v) is 4.20. The molecule has 0 radical (unpaired) electrons. The SMILES string of the molecule is CC1=C[C@H](C)[C@@H]2[C@H]1CCC21OCCO1. The van der Waals surface area contributed by atoms with E-state index in [9.17, 15) is 0 Å². The van der Waals surface area contributed by atoms with Crippen molar-refractivity contribution in [3.8, 4) is 0 Å². The molecule has 0 aromatic carbocycles. The van der Waals surface area contributed by atoms with Gasteiger partial charge in [-0.05, 0) is 25.2 Å². The van der Waals surface area contributed by atoms with E-state index in [1.54, 1.807) is 5.57 Å². The highest BCUT2D eigenvalue weighted by molar-refractivity contribution is 5.21. The van der Waals surface area contributed by atoms with Crippen LogP contribution in [0.2, 0.25) is 0 Å². The van der Waals surface area contributed by atoms with E-state index in [0.29, 0.717) is 11.8 Å². The van der Waals surface area contributed by atoms with Crippen molar-refractivity contribution in [1.82, 2.24) is 0 Å². The summed E-state index contributed by atoms with van der Waals surface area (Å²) in [5.41, 5.74) is 1.55. The first-order valence-electron chi connectivity index (χ1n) is 5.69. The van der Waals surface area contributed by atoms with Gasteiger partial charge in [0.05, 0.1) is 13.2 Å². The van der Waals surface area contributed by atoms with E-state index in [2.05, 4.69) is 19.9 Å². The lowest BCUT2D eigenvalue weighted by Gasteiger charge is -2.32. The third kappa shape index (κ3) is 0.986. The van der Waals surface area contributed by atoms with E-state index in [1.165, 1.54) is 6.42 Å². The molecule has 0 N–H and O–H groups in total. The highest BCUT2D eigenvalue weighted by Gasteiger charge is 2.56. The Labute approximate surface area is 85.3 Å². The number of hydrogen-bond acceptors (Lipinski definition) is 2. The van der Waals surface area contributed by atoms with Gasteiger partial charge < -0.3 is 9.47 Å². The Kier molecular flexibility index (Phi) is 1.80. The monoisotopic (exact) mass is 194 g/mol. The van der Waals surface area contributed by atoms with Gasteiger partial charge in [-0.25, -0.2) is 0 Å². The second kappa shape index (κ2) is 2.83. The van der Waals surface area contributed by atoms with E-state index < -0.39 is 0 Å². The zero-order valence-corrected chi connectivity index (χ0v) is 8.95. The molecule has 1 saturated carbocycles. The molecule has 2 fully saturated rings. The first-order valence-corrected chi connectivity index (χ1v) is 5.69. The maximum absolute atomic E-state index is 5.88. The predicted octanol–water partition coefficient (Wildman–Crippen LogP) is 2.35. The fourth-order valence-electron chi connectivity index (χ4n) is 3.74. The van der Waals surface area contributed by atoms with Crippen LogP contribution in [0.3, 0.4) is 0 Å². The van der Waals surface area contributed by atoms with Crippen molar-refractivity contribution in [2.75, 3.05) is 13.2 Å². The zero-order chi connectivity index (χ0) is 9.76. The summed E-state index contributed by atoms with van der Waals surface area (Å²) in [4.78, 5) is 0. The van der Waals surface area contributed by atoms with Crippen LogP contribution in [0.4, 0.5) is 0 Å². The fourth-order valence-corrected chi connectivity index (χ4v) is 3.74. The van der Waals surface area contributed by atoms with E-state index in [0.717, 1.165) is 25.6 Å². The van der Waals surface area contributed by atoms with Crippen molar-refractivity contribution in [2.45, 2.75) is 32.5 Å². The molecule has 2 heteroatoms. The van der Waals surface area contributed by atoms with Crippen LogP contribution in [0.5, 0.6) is 0 Å². The molecular formula is C12H18O2. The van der Waals surface area contributed by atoms with Crippen molar-refractivity contribution in [2.24, 2.45) is 17.8 Å². The molecule has 2 nitrogen and oxygen atoms in total. The van der Waals surface area contributed by atoms with Crippen LogP contribution in [0.25, 0.3) is 0 Å². The third-order valence-electron chi connectivity index (χ3n) is 4.20. The first kappa shape index (κ1) is 8.93. The van der Waals surface area contributed by atoms with Gasteiger partial charge in [-0.15, -0.1) is 0 Å². The summed E-state index contributed by atoms with van der Waals surface area (Å²) >= 11 is 0. The molecule has 78 valence electrons. The highest BCUT2D eigenvalue weighted by atomic mass is 16.7. The topological polar surface area (TPSA) is 18.5 Å². The van der Waals surface area contributed by atoms with Gasteiger partial charge in [0.15, 0.2) is 5.79 Å². The van der Waals surface area contributed by atoms with Gasteiger partial charge in [0.2, 0.25) is 0 Å². The van der Waals surface area contributed by atoms with Gasteiger partial charge in [0, 0.05) is 12.3 Å². The number of rotatable bonds is 0. The molecule has 3 atom stereocenters. The number of fused-ring (bicyclic) bond motifs is 2. The van der Waals surface area contributed by atoms with Crippen molar-refractivity contribution < 1.29 is 9.47 Å². The van der Waals surface area contributed by atoms with Gasteiger partial charge in [-0.1, -0.05) is 18.6 Å². The second-order valence-corrected chi connectivity index (χ2v) is 4.95. The van der Waals surface area contributed by atoms with Crippen molar-refractivity contribution in [3.05, 3.63) is 11.6 Å². The molecule has 0 aromatic rings. The van der Waals surface area contributed by atoms with Gasteiger partial charge in [-0.2, -0.15) is 0 Å². The molecule has 1 heterocycles. The Hall–Kier alpha value is -0.340. The van der Waals surface area contributed by atoms with Crippen molar-refractivity contribution in [1.29, 1.82) is 0 Å². The lowest BCUT2D eigenvalue weighted by molar-refractivity contribution is -0.189. The lowest BCUT2D eigenvalue weighted by atomic mass is 9.87. The highest BCUT2D eigenvalue weighted by Crippen LogP contribution is 2.55. The lowest BCUT2D eigenvalue weighted by Crippen LogP contribution is -2.38. The molecule has 1 saturated heterocycles. The summed E-state index contributed by atoms with van der Waals surface area (Å²) in [6.07, 6.45) is 4.75. The maximum Gasteiger partial charge on any atom is 0.172 e. The summed E-state index contributed by atoms with van der Waals surface area (Å²) in [7, 11) is 0. The smallest absolute Gasteiger partial charge is 0.172 e. The van der Waals surface area contributed by atoms with Crippen LogP contribution in [0.15, 0.2) is 11.6 Å². The summed E-state index contributed by atoms with van der Waals surface area (Å²) in [5.74, 6) is 1.73. The molecule has 1 aliphatic heterocycles. The van der Waals surface area contributed by atoms with Crippen LogP contribution in [-0.2, 0) is 9.47 Å². The molecule has 14 heavy (non-hydrogen) atoms. The molecular weight excluding hydrogens is 176 g/mol. The van der Waals surface area contributed by atoms with E-state index in [1.807, 2.05) is 0 Å². The average Bonchev–Trinajstić information content (AvgIpc) is 2.79.